The maximum Gasteiger partial charge on any atom is 0.494 e. The van der Waals surface area contributed by atoms with Gasteiger partial charge >= 0.3 is 7.12 Å². The first-order chi connectivity index (χ1) is 38.2. The van der Waals surface area contributed by atoms with Crippen molar-refractivity contribution in [2.45, 2.75) is 64.6 Å². The number of aromatic nitrogens is 10. The summed E-state index contributed by atoms with van der Waals surface area (Å²) in [6.45, 7) is 10.7. The first-order valence-corrected chi connectivity index (χ1v) is 27.5. The molecular weight excluding hydrogens is 1130 g/mol. The molecule has 1 saturated heterocycles. The molecule has 8 aromatic heterocycles. The summed E-state index contributed by atoms with van der Waals surface area (Å²) in [6.07, 6.45) is 16.5. The van der Waals surface area contributed by atoms with Crippen LogP contribution in [0.3, 0.4) is 0 Å². The van der Waals surface area contributed by atoms with Crippen LogP contribution in [-0.4, -0.2) is 137 Å². The van der Waals surface area contributed by atoms with Crippen LogP contribution < -0.4 is 10.8 Å². The summed E-state index contributed by atoms with van der Waals surface area (Å²) in [7, 11) is 11.4. The van der Waals surface area contributed by atoms with Gasteiger partial charge in [-0.25, -0.2) is 18.7 Å². The predicted octanol–water partition coefficient (Wildman–Crippen LogP) is 10.2. The number of aromatic amines is 2. The number of nitrogens with zero attached hydrogens (tertiary/aromatic N) is 10. The molecule has 1 aliphatic heterocycles. The van der Waals surface area contributed by atoms with Crippen LogP contribution in [0.15, 0.2) is 110 Å². The van der Waals surface area contributed by atoms with Gasteiger partial charge in [-0.05, 0) is 146 Å². The number of ketones is 1. The Bertz CT molecular complexity index is 3820. The fourth-order valence-electron chi connectivity index (χ4n) is 9.29. The van der Waals surface area contributed by atoms with Crippen LogP contribution >= 0.6 is 22.6 Å². The van der Waals surface area contributed by atoms with Crippen LogP contribution in [0.25, 0.3) is 77.5 Å². The number of halogens is 3. The SMILES string of the molecule is CN(C)CCCCC(=O)c1ccc(-c2c(F)cnc3[nH]c4cnc(-c5cnn(C)c5)cc4c23)cc1.CN(C)CCCNC(=O)c1ccc(B2OC(C)(C)C(C)(C)O2)cc1.Cn1cc(-c2cc3c(cn2)[nH]c2ncc(F)c(I)c23)cn1. The summed E-state index contributed by atoms with van der Waals surface area (Å²) < 4.78 is 45.0. The predicted molar refractivity (Wildman–Crippen MR) is 320 cm³/mol. The zero-order valence-corrected chi connectivity index (χ0v) is 48.8. The van der Waals surface area contributed by atoms with Gasteiger partial charge in [-0.15, -0.1) is 0 Å². The second kappa shape index (κ2) is 24.2. The lowest BCUT2D eigenvalue weighted by atomic mass is 9.79. The molecule has 17 nitrogen and oxygen atoms in total. The van der Waals surface area contributed by atoms with E-state index in [1.807, 2.05) is 153 Å². The molecular formula is C59H65BF2IN13O4. The van der Waals surface area contributed by atoms with E-state index in [4.69, 9.17) is 9.31 Å². The van der Waals surface area contributed by atoms with Crippen LogP contribution in [-0.2, 0) is 23.4 Å². The van der Waals surface area contributed by atoms with Crippen molar-refractivity contribution >= 4 is 90.7 Å². The molecule has 3 N–H and O–H groups in total. The van der Waals surface area contributed by atoms with E-state index >= 15 is 4.39 Å². The molecule has 0 radical (unpaired) electrons. The van der Waals surface area contributed by atoms with Gasteiger partial charge in [-0.3, -0.25) is 28.9 Å². The van der Waals surface area contributed by atoms with Gasteiger partial charge in [0, 0.05) is 88.8 Å². The van der Waals surface area contributed by atoms with Gasteiger partial charge in [0.25, 0.3) is 5.91 Å². The highest BCUT2D eigenvalue weighted by Crippen LogP contribution is 2.38. The Balaban J connectivity index is 0.000000151. The molecule has 1 amide bonds. The van der Waals surface area contributed by atoms with E-state index in [9.17, 15) is 14.0 Å². The van der Waals surface area contributed by atoms with E-state index in [0.29, 0.717) is 55.5 Å². The number of amides is 1. The minimum Gasteiger partial charge on any atom is -0.399 e. The molecule has 9 heterocycles. The summed E-state index contributed by atoms with van der Waals surface area (Å²) in [5, 5.41) is 14.5. The van der Waals surface area contributed by atoms with Crippen molar-refractivity contribution in [1.82, 2.24) is 64.6 Å². The molecule has 0 atom stereocenters. The number of benzene rings is 2. The number of carbonyl (C=O) groups excluding carboxylic acids is 2. The third-order valence-electron chi connectivity index (χ3n) is 14.4. The summed E-state index contributed by atoms with van der Waals surface area (Å²) >= 11 is 2.01. The number of pyridine rings is 4. The Labute approximate surface area is 477 Å². The van der Waals surface area contributed by atoms with Crippen molar-refractivity contribution in [3.63, 3.8) is 0 Å². The van der Waals surface area contributed by atoms with Crippen LogP contribution in [0, 0.1) is 15.2 Å². The lowest BCUT2D eigenvalue weighted by molar-refractivity contribution is 0.00578. The van der Waals surface area contributed by atoms with Gasteiger partial charge in [-0.2, -0.15) is 10.2 Å². The van der Waals surface area contributed by atoms with Gasteiger partial charge in [0.2, 0.25) is 0 Å². The number of unbranched alkanes of at least 4 members (excludes halogenated alkanes) is 1. The minimum atomic E-state index is -0.416. The maximum atomic E-state index is 15.2. The number of rotatable bonds is 15. The van der Waals surface area contributed by atoms with Gasteiger partial charge in [-0.1, -0.05) is 36.4 Å². The molecule has 2 aromatic carbocycles. The Morgan fingerprint density at radius 1 is 0.650 bits per heavy atom. The number of aryl methyl sites for hydroxylation is 2. The average molecular weight is 1200 g/mol. The second-order valence-corrected chi connectivity index (χ2v) is 22.6. The Morgan fingerprint density at radius 2 is 1.16 bits per heavy atom. The third kappa shape index (κ3) is 12.8. The molecule has 414 valence electrons. The summed E-state index contributed by atoms with van der Waals surface area (Å²) in [4.78, 5) is 52.7. The molecule has 80 heavy (non-hydrogen) atoms. The Morgan fingerprint density at radius 3 is 1.70 bits per heavy atom. The van der Waals surface area contributed by atoms with E-state index in [1.54, 1.807) is 46.3 Å². The molecule has 0 bridgehead atoms. The fourth-order valence-corrected chi connectivity index (χ4v) is 9.97. The van der Waals surface area contributed by atoms with Gasteiger partial charge in [0.1, 0.15) is 17.1 Å². The van der Waals surface area contributed by atoms with E-state index in [-0.39, 0.29) is 28.7 Å². The van der Waals surface area contributed by atoms with Crippen LogP contribution in [0.2, 0.25) is 0 Å². The van der Waals surface area contributed by atoms with Crippen molar-refractivity contribution in [2.75, 3.05) is 47.8 Å². The molecule has 0 unspecified atom stereocenters. The zero-order valence-electron chi connectivity index (χ0n) is 46.7. The highest BCUT2D eigenvalue weighted by atomic mass is 127. The molecule has 11 rings (SSSR count). The quantitative estimate of drug-likeness (QED) is 0.0382. The smallest absolute Gasteiger partial charge is 0.399 e. The van der Waals surface area contributed by atoms with E-state index < -0.39 is 12.9 Å². The summed E-state index contributed by atoms with van der Waals surface area (Å²) in [5.74, 6) is -0.672. The van der Waals surface area contributed by atoms with Crippen LogP contribution in [0.1, 0.15) is 74.1 Å². The number of carbonyl (C=O) groups is 2. The van der Waals surface area contributed by atoms with Crippen molar-refractivity contribution in [1.29, 1.82) is 0 Å². The maximum absolute atomic E-state index is 15.2. The van der Waals surface area contributed by atoms with Crippen molar-refractivity contribution in [3.05, 3.63) is 137 Å². The van der Waals surface area contributed by atoms with E-state index in [2.05, 4.69) is 55.2 Å². The topological polar surface area (TPSA) is 190 Å². The number of hydrogen-bond donors (Lipinski definition) is 3. The number of H-pyrrole nitrogens is 2. The van der Waals surface area contributed by atoms with Crippen molar-refractivity contribution in [2.24, 2.45) is 14.1 Å². The Kier molecular flexibility index (Phi) is 17.4. The molecule has 10 aromatic rings. The highest BCUT2D eigenvalue weighted by molar-refractivity contribution is 14.1. The van der Waals surface area contributed by atoms with Crippen molar-refractivity contribution < 1.29 is 27.7 Å². The molecule has 0 spiro atoms. The lowest BCUT2D eigenvalue weighted by Crippen LogP contribution is -2.41. The van der Waals surface area contributed by atoms with Gasteiger partial charge in [0.15, 0.2) is 11.6 Å². The first-order valence-electron chi connectivity index (χ1n) is 26.4. The zero-order chi connectivity index (χ0) is 57.0. The number of hydrogen-bond acceptors (Lipinski definition) is 12. The Hall–Kier alpha value is -7.31. The van der Waals surface area contributed by atoms with Crippen LogP contribution in [0.5, 0.6) is 0 Å². The monoisotopic (exact) mass is 1200 g/mol. The van der Waals surface area contributed by atoms with E-state index in [0.717, 1.165) is 87.5 Å². The van der Waals surface area contributed by atoms with Crippen molar-refractivity contribution in [3.8, 4) is 33.6 Å². The fraction of sp³-hybridized carbons (Fsp3) is 0.322. The highest BCUT2D eigenvalue weighted by Gasteiger charge is 2.51. The van der Waals surface area contributed by atoms with E-state index in [1.165, 1.54) is 12.4 Å². The summed E-state index contributed by atoms with van der Waals surface area (Å²) in [5.41, 5.74) is 8.87. The molecule has 21 heteroatoms. The van der Waals surface area contributed by atoms with Crippen LogP contribution in [0.4, 0.5) is 8.78 Å². The molecule has 0 aliphatic carbocycles. The number of nitrogens with one attached hydrogen (secondary N) is 3. The normalized spacial score (nSPS) is 13.8. The van der Waals surface area contributed by atoms with Gasteiger partial charge in [0.05, 0.1) is 74.4 Å². The number of fused-ring (bicyclic) bond motifs is 6. The molecule has 1 aliphatic rings. The minimum absolute atomic E-state index is 0.0470. The molecule has 1 fully saturated rings. The summed E-state index contributed by atoms with van der Waals surface area (Å²) in [6, 6.07) is 18.5. The standard InChI is InChI=1S/C27H27FN6O.C18H29BN2O3.C14H9FIN5/c1-33(2)11-5-4-6-24(35)17-7-9-18(10-8-17)25-21(28)14-30-27-26(25)20-12-22(29-15-23(20)32-27)19-13-31-34(3)16-19;1-17(2)18(3,4)24-19(23-17)15-10-8-14(9-11-15)16(22)20-12-7-13-21(5)6;1-21-6-7(3-19-21)10-2-8-11(5-17-10)20-14-12(8)13(16)9(15)4-18-14/h7-10,12-16H,4-6,11H2,1-3H3,(H,30,32);8-11H,7,12-13H2,1-6H3,(H,20,22);2-6H,1H3,(H,18,20). The number of Topliss-reactive ketones (excluding diaryl/α,β-unsaturated/α-hetero) is 1. The van der Waals surface area contributed by atoms with Gasteiger partial charge < -0.3 is 34.4 Å². The lowest BCUT2D eigenvalue weighted by Gasteiger charge is -2.32. The third-order valence-corrected chi connectivity index (χ3v) is 15.4. The molecule has 0 saturated carbocycles. The largest absolute Gasteiger partial charge is 0.494 e. The first kappa shape index (κ1) is 57.4. The average Bonchev–Trinajstić information content (AvgIpc) is 4.35. The second-order valence-electron chi connectivity index (χ2n) is 21.5.